The van der Waals surface area contributed by atoms with Crippen LogP contribution in [-0.2, 0) is 11.2 Å². The van der Waals surface area contributed by atoms with Crippen LogP contribution in [0.25, 0.3) is 5.57 Å². The molecule has 0 heterocycles. The van der Waals surface area contributed by atoms with E-state index in [1.165, 1.54) is 11.1 Å². The highest BCUT2D eigenvalue weighted by molar-refractivity contribution is 5.82. The summed E-state index contributed by atoms with van der Waals surface area (Å²) in [5, 5.41) is 1.89. The van der Waals surface area contributed by atoms with Crippen LogP contribution in [0.2, 0.25) is 0 Å². The molecule has 114 valence electrons. The predicted molar refractivity (Wildman–Crippen MR) is 75.9 cm³/mol. The normalized spacial score (nSPS) is 16.7. The van der Waals surface area contributed by atoms with Gasteiger partial charge in [-0.1, -0.05) is 23.8 Å². The fraction of sp³-hybridized carbons (Fsp3) is 0.438. The Morgan fingerprint density at radius 1 is 1.29 bits per heavy atom. The third kappa shape index (κ3) is 3.65. The van der Waals surface area contributed by atoms with Gasteiger partial charge in [0.05, 0.1) is 0 Å². The van der Waals surface area contributed by atoms with Crippen molar-refractivity contribution in [3.05, 3.63) is 40.5 Å². The molecule has 0 bridgehead atoms. The summed E-state index contributed by atoms with van der Waals surface area (Å²) in [7, 11) is 0. The van der Waals surface area contributed by atoms with Crippen LogP contribution in [0.1, 0.15) is 35.1 Å². The smallest absolute Gasteiger partial charge is 0.345 e. The lowest BCUT2D eigenvalue weighted by atomic mass is 9.83. The first-order chi connectivity index (χ1) is 9.79. The van der Waals surface area contributed by atoms with Crippen LogP contribution in [0.3, 0.4) is 0 Å². The molecule has 1 aromatic rings. The molecule has 0 unspecified atom stereocenters. The minimum Gasteiger partial charge on any atom is -0.345 e. The number of nitrogens with one attached hydrogen (secondary N) is 1. The quantitative estimate of drug-likeness (QED) is 0.886. The minimum atomic E-state index is -4.82. The maximum absolute atomic E-state index is 12.1. The van der Waals surface area contributed by atoms with E-state index in [2.05, 4.69) is 19.1 Å². The number of amides is 1. The number of carbonyl (C=O) groups is 1. The van der Waals surface area contributed by atoms with Gasteiger partial charge in [-0.3, -0.25) is 4.79 Å². The SMILES string of the molecule is Cc1cc(C)c2c(c1)/C(=C\CNC(=O)C(F)(F)F)CCC2. The lowest BCUT2D eigenvalue weighted by Crippen LogP contribution is -2.36. The average Bonchev–Trinajstić information content (AvgIpc) is 2.38. The van der Waals surface area contributed by atoms with E-state index in [-0.39, 0.29) is 6.54 Å². The molecular weight excluding hydrogens is 279 g/mol. The first-order valence-corrected chi connectivity index (χ1v) is 6.93. The van der Waals surface area contributed by atoms with Crippen LogP contribution in [0.5, 0.6) is 0 Å². The topological polar surface area (TPSA) is 29.1 Å². The van der Waals surface area contributed by atoms with Gasteiger partial charge in [-0.2, -0.15) is 13.2 Å². The molecule has 2 nitrogen and oxygen atoms in total. The Bertz CT molecular complexity index is 588. The summed E-state index contributed by atoms with van der Waals surface area (Å²) < 4.78 is 36.4. The zero-order valence-corrected chi connectivity index (χ0v) is 12.1. The van der Waals surface area contributed by atoms with Crippen molar-refractivity contribution in [1.29, 1.82) is 0 Å². The monoisotopic (exact) mass is 297 g/mol. The molecule has 1 N–H and O–H groups in total. The van der Waals surface area contributed by atoms with Crippen molar-refractivity contribution < 1.29 is 18.0 Å². The molecule has 1 aliphatic rings. The molecule has 0 aliphatic heterocycles. The summed E-state index contributed by atoms with van der Waals surface area (Å²) in [4.78, 5) is 10.8. The molecule has 21 heavy (non-hydrogen) atoms. The Hall–Kier alpha value is -1.78. The van der Waals surface area contributed by atoms with E-state index in [1.54, 1.807) is 6.08 Å². The van der Waals surface area contributed by atoms with E-state index in [9.17, 15) is 18.0 Å². The molecule has 1 aliphatic carbocycles. The van der Waals surface area contributed by atoms with Gasteiger partial charge in [-0.25, -0.2) is 0 Å². The van der Waals surface area contributed by atoms with Crippen LogP contribution >= 0.6 is 0 Å². The number of hydrogen-bond donors (Lipinski definition) is 1. The fourth-order valence-corrected chi connectivity index (χ4v) is 2.79. The first-order valence-electron chi connectivity index (χ1n) is 6.93. The minimum absolute atomic E-state index is 0.0971. The second-order valence-corrected chi connectivity index (χ2v) is 5.40. The van der Waals surface area contributed by atoms with Gasteiger partial charge in [-0.05, 0) is 55.4 Å². The van der Waals surface area contributed by atoms with Crippen molar-refractivity contribution in [2.75, 3.05) is 6.54 Å². The first kappa shape index (κ1) is 15.6. The number of aryl methyl sites for hydroxylation is 2. The van der Waals surface area contributed by atoms with E-state index in [4.69, 9.17) is 0 Å². The van der Waals surface area contributed by atoms with Crippen molar-refractivity contribution in [2.24, 2.45) is 0 Å². The van der Waals surface area contributed by atoms with Crippen molar-refractivity contribution >= 4 is 11.5 Å². The van der Waals surface area contributed by atoms with Gasteiger partial charge in [0.1, 0.15) is 0 Å². The number of allylic oxidation sites excluding steroid dienone is 1. The van der Waals surface area contributed by atoms with Gasteiger partial charge in [-0.15, -0.1) is 0 Å². The Labute approximate surface area is 122 Å². The zero-order chi connectivity index (χ0) is 15.6. The predicted octanol–water partition coefficient (Wildman–Crippen LogP) is 3.70. The van der Waals surface area contributed by atoms with Gasteiger partial charge in [0.15, 0.2) is 0 Å². The molecule has 0 aromatic heterocycles. The Balaban J connectivity index is 2.16. The molecule has 1 aromatic carbocycles. The molecule has 0 atom stereocenters. The number of benzene rings is 1. The molecule has 0 radical (unpaired) electrons. The number of rotatable bonds is 2. The lowest BCUT2D eigenvalue weighted by molar-refractivity contribution is -0.173. The average molecular weight is 297 g/mol. The van der Waals surface area contributed by atoms with E-state index >= 15 is 0 Å². The summed E-state index contributed by atoms with van der Waals surface area (Å²) in [6, 6.07) is 4.19. The summed E-state index contributed by atoms with van der Waals surface area (Å²) in [6.45, 7) is 3.96. The van der Waals surface area contributed by atoms with Gasteiger partial charge >= 0.3 is 12.1 Å². The zero-order valence-electron chi connectivity index (χ0n) is 12.1. The van der Waals surface area contributed by atoms with E-state index < -0.39 is 12.1 Å². The molecule has 2 rings (SSSR count). The lowest BCUT2D eigenvalue weighted by Gasteiger charge is -2.22. The fourth-order valence-electron chi connectivity index (χ4n) is 2.79. The third-order valence-corrected chi connectivity index (χ3v) is 3.70. The molecular formula is C16H18F3NO. The maximum Gasteiger partial charge on any atom is 0.471 e. The van der Waals surface area contributed by atoms with Gasteiger partial charge in [0.25, 0.3) is 0 Å². The second-order valence-electron chi connectivity index (χ2n) is 5.40. The van der Waals surface area contributed by atoms with Crippen molar-refractivity contribution in [2.45, 2.75) is 39.3 Å². The highest BCUT2D eigenvalue weighted by Gasteiger charge is 2.38. The van der Waals surface area contributed by atoms with Crippen molar-refractivity contribution in [1.82, 2.24) is 5.32 Å². The maximum atomic E-state index is 12.1. The van der Waals surface area contributed by atoms with Crippen LogP contribution in [0, 0.1) is 13.8 Å². The van der Waals surface area contributed by atoms with Crippen molar-refractivity contribution in [3.63, 3.8) is 0 Å². The highest BCUT2D eigenvalue weighted by Crippen LogP contribution is 2.33. The molecule has 1 amide bonds. The summed E-state index contributed by atoms with van der Waals surface area (Å²) in [5.74, 6) is -1.89. The van der Waals surface area contributed by atoms with Crippen LogP contribution in [0.4, 0.5) is 13.2 Å². The number of alkyl halides is 3. The van der Waals surface area contributed by atoms with Crippen LogP contribution in [-0.4, -0.2) is 18.6 Å². The Morgan fingerprint density at radius 2 is 2.00 bits per heavy atom. The van der Waals surface area contributed by atoms with Crippen molar-refractivity contribution in [3.8, 4) is 0 Å². The van der Waals surface area contributed by atoms with E-state index in [0.717, 1.165) is 36.0 Å². The summed E-state index contributed by atoms with van der Waals surface area (Å²) in [6.07, 6.45) is -0.321. The van der Waals surface area contributed by atoms with Crippen LogP contribution < -0.4 is 5.32 Å². The molecule has 5 heteroatoms. The van der Waals surface area contributed by atoms with E-state index in [0.29, 0.717) is 0 Å². The van der Waals surface area contributed by atoms with Gasteiger partial charge in [0, 0.05) is 6.54 Å². The summed E-state index contributed by atoms with van der Waals surface area (Å²) >= 11 is 0. The number of carbonyl (C=O) groups excluding carboxylic acids is 1. The number of halogens is 3. The highest BCUT2D eigenvalue weighted by atomic mass is 19.4. The van der Waals surface area contributed by atoms with Gasteiger partial charge < -0.3 is 5.32 Å². The number of fused-ring (bicyclic) bond motifs is 1. The standard InChI is InChI=1S/C16H18F3NO/c1-10-8-11(2)13-5-3-4-12(14(13)9-10)6-7-20-15(21)16(17,18)19/h6,8-9H,3-5,7H2,1-2H3,(H,20,21)/b12-6-. The van der Waals surface area contributed by atoms with Gasteiger partial charge in [0.2, 0.25) is 0 Å². The third-order valence-electron chi connectivity index (χ3n) is 3.70. The van der Waals surface area contributed by atoms with E-state index in [1.807, 2.05) is 12.2 Å². The largest absolute Gasteiger partial charge is 0.471 e. The number of hydrogen-bond acceptors (Lipinski definition) is 1. The molecule has 0 saturated heterocycles. The van der Waals surface area contributed by atoms with Crippen LogP contribution in [0.15, 0.2) is 18.2 Å². The molecule has 0 saturated carbocycles. The Kier molecular flexibility index (Phi) is 4.40. The second kappa shape index (κ2) is 5.92. The molecule has 0 spiro atoms. The Morgan fingerprint density at radius 3 is 2.67 bits per heavy atom. The molecule has 0 fully saturated rings. The summed E-state index contributed by atoms with van der Waals surface area (Å²) in [5.41, 5.74) is 5.75.